The van der Waals surface area contributed by atoms with Crippen molar-refractivity contribution in [2.24, 2.45) is 0 Å². The smallest absolute Gasteiger partial charge is 0.335 e. The van der Waals surface area contributed by atoms with Gasteiger partial charge in [0.05, 0.1) is 22.3 Å². The van der Waals surface area contributed by atoms with E-state index in [2.05, 4.69) is 20.9 Å². The fraction of sp³-hybridized carbons (Fsp3) is 0. The summed E-state index contributed by atoms with van der Waals surface area (Å²) in [5.41, 5.74) is 2.03. The van der Waals surface area contributed by atoms with Crippen LogP contribution < -0.4 is 0 Å². The molecule has 4 nitrogen and oxygen atoms in total. The first-order valence-corrected chi connectivity index (χ1v) is 6.51. The number of imidazole rings is 1. The SMILES string of the molecule is O=C(O)c1ccc2c(c1)ncn2-c1cc(F)ccc1Br. The zero-order chi connectivity index (χ0) is 14.3. The fourth-order valence-corrected chi connectivity index (χ4v) is 2.45. The Hall–Kier alpha value is -2.21. The number of aromatic carboxylic acids is 1. The second-order valence-electron chi connectivity index (χ2n) is 4.22. The predicted octanol–water partition coefficient (Wildman–Crippen LogP) is 3.63. The van der Waals surface area contributed by atoms with Crippen LogP contribution in [0.5, 0.6) is 0 Å². The molecule has 0 amide bonds. The van der Waals surface area contributed by atoms with Crippen molar-refractivity contribution in [2.45, 2.75) is 0 Å². The third-order valence-corrected chi connectivity index (χ3v) is 3.63. The van der Waals surface area contributed by atoms with E-state index in [1.54, 1.807) is 16.7 Å². The lowest BCUT2D eigenvalue weighted by Gasteiger charge is -2.07. The Morgan fingerprint density at radius 2 is 2.05 bits per heavy atom. The topological polar surface area (TPSA) is 55.1 Å². The molecular formula is C14H8BrFN2O2. The molecule has 0 spiro atoms. The van der Waals surface area contributed by atoms with Crippen LogP contribution in [0, 0.1) is 5.82 Å². The average Bonchev–Trinajstić information content (AvgIpc) is 2.84. The minimum atomic E-state index is -1.01. The number of benzene rings is 2. The summed E-state index contributed by atoms with van der Waals surface area (Å²) >= 11 is 3.37. The van der Waals surface area contributed by atoms with E-state index in [9.17, 15) is 9.18 Å². The Morgan fingerprint density at radius 1 is 1.25 bits per heavy atom. The summed E-state index contributed by atoms with van der Waals surface area (Å²) in [4.78, 5) is 15.1. The van der Waals surface area contributed by atoms with Gasteiger partial charge in [-0.05, 0) is 52.3 Å². The minimum absolute atomic E-state index is 0.168. The molecule has 0 atom stereocenters. The second-order valence-corrected chi connectivity index (χ2v) is 5.07. The largest absolute Gasteiger partial charge is 0.478 e. The highest BCUT2D eigenvalue weighted by Gasteiger charge is 2.11. The van der Waals surface area contributed by atoms with Crippen LogP contribution in [-0.2, 0) is 0 Å². The van der Waals surface area contributed by atoms with Crippen LogP contribution in [0.1, 0.15) is 10.4 Å². The molecule has 100 valence electrons. The maximum absolute atomic E-state index is 13.4. The van der Waals surface area contributed by atoms with E-state index in [1.807, 2.05) is 0 Å². The van der Waals surface area contributed by atoms with E-state index in [0.717, 1.165) is 4.47 Å². The van der Waals surface area contributed by atoms with E-state index < -0.39 is 5.97 Å². The number of carboxylic acids is 1. The Balaban J connectivity index is 2.22. The van der Waals surface area contributed by atoms with Crippen molar-refractivity contribution in [2.75, 3.05) is 0 Å². The van der Waals surface area contributed by atoms with Gasteiger partial charge in [0, 0.05) is 4.47 Å². The van der Waals surface area contributed by atoms with Crippen molar-refractivity contribution in [3.8, 4) is 5.69 Å². The van der Waals surface area contributed by atoms with Gasteiger partial charge in [-0.3, -0.25) is 4.57 Å². The summed E-state index contributed by atoms with van der Waals surface area (Å²) in [6, 6.07) is 8.99. The molecule has 1 heterocycles. The van der Waals surface area contributed by atoms with E-state index in [4.69, 9.17) is 5.11 Å². The lowest BCUT2D eigenvalue weighted by molar-refractivity contribution is 0.0697. The maximum Gasteiger partial charge on any atom is 0.335 e. The predicted molar refractivity (Wildman–Crippen MR) is 75.7 cm³/mol. The Morgan fingerprint density at radius 3 is 2.80 bits per heavy atom. The van der Waals surface area contributed by atoms with Crippen molar-refractivity contribution in [3.63, 3.8) is 0 Å². The van der Waals surface area contributed by atoms with Crippen molar-refractivity contribution < 1.29 is 14.3 Å². The van der Waals surface area contributed by atoms with Gasteiger partial charge in [0.1, 0.15) is 12.1 Å². The van der Waals surface area contributed by atoms with E-state index in [0.29, 0.717) is 16.7 Å². The van der Waals surface area contributed by atoms with Gasteiger partial charge in [0.2, 0.25) is 0 Å². The molecule has 0 aliphatic rings. The molecule has 1 N–H and O–H groups in total. The molecule has 0 unspecified atom stereocenters. The highest BCUT2D eigenvalue weighted by atomic mass is 79.9. The highest BCUT2D eigenvalue weighted by Crippen LogP contribution is 2.26. The first-order chi connectivity index (χ1) is 9.56. The average molecular weight is 335 g/mol. The summed E-state index contributed by atoms with van der Waals surface area (Å²) in [7, 11) is 0. The third kappa shape index (κ3) is 2.08. The van der Waals surface area contributed by atoms with Crippen molar-refractivity contribution in [1.82, 2.24) is 9.55 Å². The lowest BCUT2D eigenvalue weighted by Crippen LogP contribution is -1.97. The van der Waals surface area contributed by atoms with Gasteiger partial charge in [0.15, 0.2) is 0 Å². The molecule has 0 saturated carbocycles. The third-order valence-electron chi connectivity index (χ3n) is 2.96. The Kier molecular flexibility index (Phi) is 3.02. The molecule has 0 bridgehead atoms. The van der Waals surface area contributed by atoms with Gasteiger partial charge in [-0.15, -0.1) is 0 Å². The summed E-state index contributed by atoms with van der Waals surface area (Å²) in [5.74, 6) is -1.36. The first-order valence-electron chi connectivity index (χ1n) is 5.72. The van der Waals surface area contributed by atoms with E-state index in [1.165, 1.54) is 30.6 Å². The Labute approximate surface area is 121 Å². The monoisotopic (exact) mass is 334 g/mol. The molecule has 3 aromatic rings. The van der Waals surface area contributed by atoms with Crippen molar-refractivity contribution >= 4 is 32.9 Å². The number of hydrogen-bond donors (Lipinski definition) is 1. The molecule has 20 heavy (non-hydrogen) atoms. The maximum atomic E-state index is 13.4. The summed E-state index contributed by atoms with van der Waals surface area (Å²) in [5, 5.41) is 8.96. The number of carbonyl (C=O) groups is 1. The molecule has 0 aliphatic carbocycles. The highest BCUT2D eigenvalue weighted by molar-refractivity contribution is 9.10. The van der Waals surface area contributed by atoms with E-state index in [-0.39, 0.29) is 11.4 Å². The van der Waals surface area contributed by atoms with Crippen LogP contribution in [0.3, 0.4) is 0 Å². The molecule has 0 saturated heterocycles. The van der Waals surface area contributed by atoms with Gasteiger partial charge in [-0.25, -0.2) is 14.2 Å². The van der Waals surface area contributed by atoms with Gasteiger partial charge in [0.25, 0.3) is 0 Å². The molecule has 2 aromatic carbocycles. The van der Waals surface area contributed by atoms with E-state index >= 15 is 0 Å². The molecule has 0 fully saturated rings. The van der Waals surface area contributed by atoms with Gasteiger partial charge in [-0.2, -0.15) is 0 Å². The van der Waals surface area contributed by atoms with Crippen LogP contribution in [0.25, 0.3) is 16.7 Å². The molecule has 1 aromatic heterocycles. The lowest BCUT2D eigenvalue weighted by atomic mass is 10.2. The summed E-state index contributed by atoms with van der Waals surface area (Å²) in [6.07, 6.45) is 1.54. The van der Waals surface area contributed by atoms with Gasteiger partial charge >= 0.3 is 5.97 Å². The molecule has 0 aliphatic heterocycles. The van der Waals surface area contributed by atoms with Crippen molar-refractivity contribution in [1.29, 1.82) is 0 Å². The normalized spacial score (nSPS) is 10.9. The number of fused-ring (bicyclic) bond motifs is 1. The molecular weight excluding hydrogens is 327 g/mol. The number of rotatable bonds is 2. The zero-order valence-corrected chi connectivity index (χ0v) is 11.6. The minimum Gasteiger partial charge on any atom is -0.478 e. The fourth-order valence-electron chi connectivity index (χ4n) is 2.01. The molecule has 3 rings (SSSR count). The number of halogens is 2. The number of hydrogen-bond acceptors (Lipinski definition) is 2. The van der Waals surface area contributed by atoms with Crippen LogP contribution in [0.15, 0.2) is 47.2 Å². The summed E-state index contributed by atoms with van der Waals surface area (Å²) < 4.78 is 15.8. The Bertz CT molecular complexity index is 829. The van der Waals surface area contributed by atoms with Crippen LogP contribution in [0.2, 0.25) is 0 Å². The summed E-state index contributed by atoms with van der Waals surface area (Å²) in [6.45, 7) is 0. The van der Waals surface area contributed by atoms with Crippen LogP contribution >= 0.6 is 15.9 Å². The van der Waals surface area contributed by atoms with Gasteiger partial charge < -0.3 is 5.11 Å². The number of carboxylic acid groups (broad SMARTS) is 1. The van der Waals surface area contributed by atoms with Gasteiger partial charge in [-0.1, -0.05) is 0 Å². The number of nitrogens with zero attached hydrogens (tertiary/aromatic N) is 2. The quantitative estimate of drug-likeness (QED) is 0.778. The standard InChI is InChI=1S/C14H8BrFN2O2/c15-10-3-2-9(16)6-13(10)18-7-17-11-5-8(14(19)20)1-4-12(11)18/h1-7H,(H,19,20). The second kappa shape index (κ2) is 4.72. The molecule has 0 radical (unpaired) electrons. The van der Waals surface area contributed by atoms with Crippen LogP contribution in [-0.4, -0.2) is 20.6 Å². The number of aromatic nitrogens is 2. The first kappa shape index (κ1) is 12.8. The van der Waals surface area contributed by atoms with Crippen LogP contribution in [0.4, 0.5) is 4.39 Å². The van der Waals surface area contributed by atoms with Crippen molar-refractivity contribution in [3.05, 3.63) is 58.6 Å². The molecule has 6 heteroatoms. The zero-order valence-electron chi connectivity index (χ0n) is 10.0.